The van der Waals surface area contributed by atoms with Crippen LogP contribution in [0.4, 0.5) is 4.79 Å². The van der Waals surface area contributed by atoms with E-state index in [9.17, 15) is 4.79 Å². The van der Waals surface area contributed by atoms with Crippen molar-refractivity contribution in [3.63, 3.8) is 0 Å². The maximum atomic E-state index is 12.0. The van der Waals surface area contributed by atoms with Crippen LogP contribution < -0.4 is 15.4 Å². The summed E-state index contributed by atoms with van der Waals surface area (Å²) in [6, 6.07) is 12.0. The van der Waals surface area contributed by atoms with E-state index < -0.39 is 0 Å². The van der Waals surface area contributed by atoms with Gasteiger partial charge in [-0.25, -0.2) is 9.78 Å². The Kier molecular flexibility index (Phi) is 7.25. The predicted molar refractivity (Wildman–Crippen MR) is 110 cm³/mol. The fourth-order valence-corrected chi connectivity index (χ4v) is 3.30. The zero-order valence-electron chi connectivity index (χ0n) is 16.8. The van der Waals surface area contributed by atoms with Gasteiger partial charge >= 0.3 is 6.03 Å². The fraction of sp³-hybridized carbons (Fsp3) is 0.455. The van der Waals surface area contributed by atoms with Crippen LogP contribution in [0.25, 0.3) is 0 Å². The van der Waals surface area contributed by atoms with Crippen molar-refractivity contribution in [2.24, 2.45) is 5.92 Å². The number of benzene rings is 1. The molecule has 0 bridgehead atoms. The molecule has 2 aromatic rings. The molecule has 1 saturated heterocycles. The van der Waals surface area contributed by atoms with Crippen LogP contribution in [-0.2, 0) is 19.6 Å². The molecular formula is C22H30N4O2. The average molecular weight is 383 g/mol. The Labute approximate surface area is 167 Å². The van der Waals surface area contributed by atoms with E-state index in [1.807, 2.05) is 6.07 Å². The van der Waals surface area contributed by atoms with Crippen LogP contribution in [0, 0.1) is 5.92 Å². The van der Waals surface area contributed by atoms with Gasteiger partial charge < -0.3 is 15.4 Å². The lowest BCUT2D eigenvalue weighted by Gasteiger charge is -2.30. The summed E-state index contributed by atoms with van der Waals surface area (Å²) in [4.78, 5) is 18.6. The first-order chi connectivity index (χ1) is 13.6. The summed E-state index contributed by atoms with van der Waals surface area (Å²) in [5, 5.41) is 5.73. The lowest BCUT2D eigenvalue weighted by atomic mass is 9.99. The van der Waals surface area contributed by atoms with Crippen molar-refractivity contribution in [2.75, 3.05) is 20.2 Å². The van der Waals surface area contributed by atoms with Gasteiger partial charge in [0, 0.05) is 31.9 Å². The number of methoxy groups -OCH3 is 1. The zero-order valence-corrected chi connectivity index (χ0v) is 16.8. The van der Waals surface area contributed by atoms with Gasteiger partial charge in [-0.3, -0.25) is 4.90 Å². The average Bonchev–Trinajstić information content (AvgIpc) is 2.74. The summed E-state index contributed by atoms with van der Waals surface area (Å²) >= 11 is 0. The number of hydrogen-bond donors (Lipinski definition) is 2. The van der Waals surface area contributed by atoms with E-state index in [1.54, 1.807) is 19.4 Å². The number of likely N-dealkylation sites (tertiary alicyclic amines) is 1. The van der Waals surface area contributed by atoms with Crippen LogP contribution in [0.1, 0.15) is 36.5 Å². The Morgan fingerprint density at radius 1 is 1.04 bits per heavy atom. The Balaban J connectivity index is 1.38. The third-order valence-corrected chi connectivity index (χ3v) is 5.22. The van der Waals surface area contributed by atoms with Gasteiger partial charge in [-0.2, -0.15) is 0 Å². The Morgan fingerprint density at radius 2 is 1.64 bits per heavy atom. The van der Waals surface area contributed by atoms with Gasteiger partial charge in [0.25, 0.3) is 0 Å². The molecule has 0 atom stereocenters. The van der Waals surface area contributed by atoms with Crippen molar-refractivity contribution in [3.8, 4) is 5.88 Å². The number of nitrogens with one attached hydrogen (secondary N) is 2. The zero-order chi connectivity index (χ0) is 19.8. The molecule has 1 fully saturated rings. The summed E-state index contributed by atoms with van der Waals surface area (Å²) in [7, 11) is 1.58. The number of carbonyl (C=O) groups is 1. The summed E-state index contributed by atoms with van der Waals surface area (Å²) < 4.78 is 5.02. The Bertz CT molecular complexity index is 738. The molecule has 2 N–H and O–H groups in total. The van der Waals surface area contributed by atoms with Gasteiger partial charge in [0.2, 0.25) is 5.88 Å². The van der Waals surface area contributed by atoms with Crippen LogP contribution in [0.3, 0.4) is 0 Å². The number of urea groups is 1. The number of hydrogen-bond acceptors (Lipinski definition) is 4. The first kappa shape index (κ1) is 20.1. The van der Waals surface area contributed by atoms with Crippen molar-refractivity contribution in [3.05, 3.63) is 59.3 Å². The molecule has 3 rings (SSSR count). The highest BCUT2D eigenvalue weighted by Gasteiger charge is 2.15. The molecule has 6 nitrogen and oxygen atoms in total. The van der Waals surface area contributed by atoms with Gasteiger partial charge in [-0.15, -0.1) is 0 Å². The number of rotatable bonds is 7. The number of aromatic nitrogens is 1. The van der Waals surface area contributed by atoms with Crippen LogP contribution in [0.2, 0.25) is 0 Å². The second kappa shape index (κ2) is 10.1. The standard InChI is InChI=1S/C22H30N4O2/c1-17-9-11-26(12-10-17)16-19-5-3-18(4-6-19)13-24-22(27)25-15-20-7-8-21(28-2)23-14-20/h3-8,14,17H,9-13,15-16H2,1-2H3,(H2,24,25,27). The van der Waals surface area contributed by atoms with Gasteiger partial charge in [-0.1, -0.05) is 37.3 Å². The Morgan fingerprint density at radius 3 is 2.25 bits per heavy atom. The SMILES string of the molecule is COc1ccc(CNC(=O)NCc2ccc(CN3CCC(C)CC3)cc2)cn1. The van der Waals surface area contributed by atoms with Crippen LogP contribution >= 0.6 is 0 Å². The summed E-state index contributed by atoms with van der Waals surface area (Å²) in [6.45, 7) is 6.66. The van der Waals surface area contributed by atoms with E-state index in [4.69, 9.17) is 4.74 Å². The molecule has 0 spiro atoms. The van der Waals surface area contributed by atoms with E-state index >= 15 is 0 Å². The summed E-state index contributed by atoms with van der Waals surface area (Å²) in [6.07, 6.45) is 4.29. The molecule has 1 aliphatic heterocycles. The quantitative estimate of drug-likeness (QED) is 0.771. The molecule has 1 aromatic carbocycles. The third-order valence-electron chi connectivity index (χ3n) is 5.22. The number of ether oxygens (including phenoxy) is 1. The second-order valence-corrected chi connectivity index (χ2v) is 7.52. The van der Waals surface area contributed by atoms with Crippen molar-refractivity contribution in [1.82, 2.24) is 20.5 Å². The van der Waals surface area contributed by atoms with Crippen molar-refractivity contribution in [2.45, 2.75) is 39.4 Å². The molecule has 6 heteroatoms. The number of pyridine rings is 1. The van der Waals surface area contributed by atoms with Crippen molar-refractivity contribution in [1.29, 1.82) is 0 Å². The highest BCUT2D eigenvalue weighted by Crippen LogP contribution is 2.18. The van der Waals surface area contributed by atoms with E-state index in [-0.39, 0.29) is 6.03 Å². The topological polar surface area (TPSA) is 66.5 Å². The monoisotopic (exact) mass is 382 g/mol. The lowest BCUT2D eigenvalue weighted by Crippen LogP contribution is -2.34. The molecule has 1 aliphatic rings. The molecular weight excluding hydrogens is 352 g/mol. The number of amides is 2. The maximum absolute atomic E-state index is 12.0. The van der Waals surface area contributed by atoms with E-state index in [0.29, 0.717) is 19.0 Å². The minimum Gasteiger partial charge on any atom is -0.481 e. The second-order valence-electron chi connectivity index (χ2n) is 7.52. The van der Waals surface area contributed by atoms with Crippen LogP contribution in [-0.4, -0.2) is 36.1 Å². The number of piperidine rings is 1. The molecule has 150 valence electrons. The van der Waals surface area contributed by atoms with Crippen LogP contribution in [0.5, 0.6) is 5.88 Å². The lowest BCUT2D eigenvalue weighted by molar-refractivity contribution is 0.185. The van der Waals surface area contributed by atoms with E-state index in [2.05, 4.69) is 51.7 Å². The molecule has 0 radical (unpaired) electrons. The first-order valence-electron chi connectivity index (χ1n) is 9.93. The van der Waals surface area contributed by atoms with Crippen molar-refractivity contribution >= 4 is 6.03 Å². The summed E-state index contributed by atoms with van der Waals surface area (Å²) in [5.74, 6) is 1.42. The highest BCUT2D eigenvalue weighted by atomic mass is 16.5. The molecule has 2 heterocycles. The van der Waals surface area contributed by atoms with E-state index in [0.717, 1.165) is 23.6 Å². The minimum absolute atomic E-state index is 0.192. The number of carbonyl (C=O) groups excluding carboxylic acids is 1. The minimum atomic E-state index is -0.192. The molecule has 1 aromatic heterocycles. The van der Waals surface area contributed by atoms with Gasteiger partial charge in [0.15, 0.2) is 0 Å². The molecule has 0 aliphatic carbocycles. The predicted octanol–water partition coefficient (Wildman–Crippen LogP) is 3.32. The molecule has 28 heavy (non-hydrogen) atoms. The van der Waals surface area contributed by atoms with E-state index in [1.165, 1.54) is 31.5 Å². The van der Waals surface area contributed by atoms with Crippen LogP contribution in [0.15, 0.2) is 42.6 Å². The molecule has 2 amide bonds. The summed E-state index contributed by atoms with van der Waals surface area (Å²) in [5.41, 5.74) is 3.35. The fourth-order valence-electron chi connectivity index (χ4n) is 3.30. The van der Waals surface area contributed by atoms with Gasteiger partial charge in [0.1, 0.15) is 0 Å². The maximum Gasteiger partial charge on any atom is 0.315 e. The largest absolute Gasteiger partial charge is 0.481 e. The molecule has 0 saturated carbocycles. The van der Waals surface area contributed by atoms with Gasteiger partial charge in [0.05, 0.1) is 7.11 Å². The third kappa shape index (κ3) is 6.23. The number of nitrogens with zero attached hydrogens (tertiary/aromatic N) is 2. The highest BCUT2D eigenvalue weighted by molar-refractivity contribution is 5.73. The molecule has 0 unspecified atom stereocenters. The van der Waals surface area contributed by atoms with Crippen molar-refractivity contribution < 1.29 is 9.53 Å². The first-order valence-corrected chi connectivity index (χ1v) is 9.93. The van der Waals surface area contributed by atoms with Gasteiger partial charge in [-0.05, 0) is 48.5 Å². The smallest absolute Gasteiger partial charge is 0.315 e. The normalized spacial score (nSPS) is 15.2. The Hall–Kier alpha value is -2.60.